The van der Waals surface area contributed by atoms with Crippen molar-refractivity contribution in [3.8, 4) is 0 Å². The quantitative estimate of drug-likeness (QED) is 0.690. The van der Waals surface area contributed by atoms with Crippen LogP contribution in [0.5, 0.6) is 0 Å². The number of aromatic nitrogens is 1. The van der Waals surface area contributed by atoms with Crippen LogP contribution in [-0.2, 0) is 9.05 Å². The third-order valence-electron chi connectivity index (χ3n) is 1.67. The standard InChI is InChI=1S/C6H6ClNO3S/c7-12(9,10)5-3-8-6(11-5)4-1-2-4/h3-4H,1-2H2. The summed E-state index contributed by atoms with van der Waals surface area (Å²) in [5.74, 6) is 0.784. The first-order valence-corrected chi connectivity index (χ1v) is 5.79. The van der Waals surface area contributed by atoms with Gasteiger partial charge in [-0.2, -0.15) is 0 Å². The fourth-order valence-corrected chi connectivity index (χ4v) is 1.48. The third kappa shape index (κ3) is 1.47. The van der Waals surface area contributed by atoms with Crippen LogP contribution in [0.15, 0.2) is 15.7 Å². The zero-order valence-corrected chi connectivity index (χ0v) is 7.60. The zero-order valence-electron chi connectivity index (χ0n) is 6.03. The number of hydrogen-bond donors (Lipinski definition) is 0. The van der Waals surface area contributed by atoms with Crippen molar-refractivity contribution in [2.75, 3.05) is 0 Å². The molecule has 0 spiro atoms. The largest absolute Gasteiger partial charge is 0.428 e. The van der Waals surface area contributed by atoms with Crippen LogP contribution in [0, 0.1) is 0 Å². The summed E-state index contributed by atoms with van der Waals surface area (Å²) in [6.45, 7) is 0. The Morgan fingerprint density at radius 1 is 1.58 bits per heavy atom. The fourth-order valence-electron chi connectivity index (χ4n) is 0.904. The van der Waals surface area contributed by atoms with Crippen molar-refractivity contribution in [1.29, 1.82) is 0 Å². The van der Waals surface area contributed by atoms with Crippen LogP contribution in [-0.4, -0.2) is 13.4 Å². The maximum Gasteiger partial charge on any atom is 0.296 e. The van der Waals surface area contributed by atoms with Crippen molar-refractivity contribution in [2.24, 2.45) is 0 Å². The number of halogens is 1. The molecule has 2 rings (SSSR count). The summed E-state index contributed by atoms with van der Waals surface area (Å²) in [6, 6.07) is 0. The molecule has 66 valence electrons. The highest BCUT2D eigenvalue weighted by atomic mass is 35.7. The van der Waals surface area contributed by atoms with E-state index in [4.69, 9.17) is 15.1 Å². The van der Waals surface area contributed by atoms with Crippen LogP contribution in [0.4, 0.5) is 0 Å². The van der Waals surface area contributed by atoms with Gasteiger partial charge in [0.25, 0.3) is 14.1 Å². The van der Waals surface area contributed by atoms with Crippen LogP contribution in [0.25, 0.3) is 0 Å². The lowest BCUT2D eigenvalue weighted by molar-refractivity contribution is 0.412. The number of hydrogen-bond acceptors (Lipinski definition) is 4. The van der Waals surface area contributed by atoms with E-state index in [1.165, 1.54) is 0 Å². The van der Waals surface area contributed by atoms with Crippen molar-refractivity contribution in [1.82, 2.24) is 4.98 Å². The molecule has 0 saturated heterocycles. The summed E-state index contributed by atoms with van der Waals surface area (Å²) >= 11 is 0. The van der Waals surface area contributed by atoms with Crippen LogP contribution < -0.4 is 0 Å². The highest BCUT2D eigenvalue weighted by molar-refractivity contribution is 8.13. The summed E-state index contributed by atoms with van der Waals surface area (Å²) < 4.78 is 26.4. The van der Waals surface area contributed by atoms with Crippen molar-refractivity contribution in [2.45, 2.75) is 23.9 Å². The molecule has 1 aromatic heterocycles. The average molecular weight is 208 g/mol. The molecule has 6 heteroatoms. The van der Waals surface area contributed by atoms with Crippen LogP contribution in [0.3, 0.4) is 0 Å². The Morgan fingerprint density at radius 2 is 2.25 bits per heavy atom. The van der Waals surface area contributed by atoms with Gasteiger partial charge >= 0.3 is 0 Å². The molecule has 0 unspecified atom stereocenters. The van der Waals surface area contributed by atoms with E-state index in [2.05, 4.69) is 4.98 Å². The van der Waals surface area contributed by atoms with Crippen LogP contribution >= 0.6 is 10.7 Å². The Balaban J connectivity index is 2.35. The van der Waals surface area contributed by atoms with Gasteiger partial charge in [-0.15, -0.1) is 0 Å². The highest BCUT2D eigenvalue weighted by Crippen LogP contribution is 2.40. The molecule has 0 aromatic carbocycles. The molecule has 1 aliphatic carbocycles. The normalized spacial score (nSPS) is 18.1. The maximum absolute atomic E-state index is 10.7. The lowest BCUT2D eigenvalue weighted by Gasteiger charge is -1.86. The number of rotatable bonds is 2. The molecule has 0 aliphatic heterocycles. The van der Waals surface area contributed by atoms with E-state index in [0.29, 0.717) is 11.8 Å². The van der Waals surface area contributed by atoms with Gasteiger partial charge in [-0.1, -0.05) is 0 Å². The highest BCUT2D eigenvalue weighted by Gasteiger charge is 2.30. The van der Waals surface area contributed by atoms with Gasteiger partial charge in [0.05, 0.1) is 6.20 Å². The molecule has 0 amide bonds. The summed E-state index contributed by atoms with van der Waals surface area (Å²) in [5.41, 5.74) is 0. The van der Waals surface area contributed by atoms with Gasteiger partial charge in [0.1, 0.15) is 0 Å². The minimum atomic E-state index is -3.74. The third-order valence-corrected chi connectivity index (χ3v) is 2.79. The minimum absolute atomic E-state index is 0.258. The van der Waals surface area contributed by atoms with E-state index in [0.717, 1.165) is 19.0 Å². The number of oxazole rings is 1. The fraction of sp³-hybridized carbons (Fsp3) is 0.500. The molecule has 1 heterocycles. The predicted octanol–water partition coefficient (Wildman–Crippen LogP) is 1.48. The molecule has 0 N–H and O–H groups in total. The van der Waals surface area contributed by atoms with Gasteiger partial charge in [-0.05, 0) is 12.8 Å². The summed E-state index contributed by atoms with van der Waals surface area (Å²) in [4.78, 5) is 3.81. The Labute approximate surface area is 74.0 Å². The van der Waals surface area contributed by atoms with E-state index in [9.17, 15) is 8.42 Å². The van der Waals surface area contributed by atoms with Crippen LogP contribution in [0.1, 0.15) is 24.7 Å². The van der Waals surface area contributed by atoms with Gasteiger partial charge in [-0.25, -0.2) is 13.4 Å². The van der Waals surface area contributed by atoms with Crippen molar-refractivity contribution < 1.29 is 12.8 Å². The van der Waals surface area contributed by atoms with E-state index in [1.54, 1.807) is 0 Å². The molecule has 4 nitrogen and oxygen atoms in total. The summed E-state index contributed by atoms with van der Waals surface area (Å²) in [7, 11) is 1.29. The monoisotopic (exact) mass is 207 g/mol. The molecule has 0 bridgehead atoms. The van der Waals surface area contributed by atoms with Crippen molar-refractivity contribution in [3.05, 3.63) is 12.1 Å². The van der Waals surface area contributed by atoms with E-state index in [1.807, 2.05) is 0 Å². The maximum atomic E-state index is 10.7. The van der Waals surface area contributed by atoms with E-state index < -0.39 is 9.05 Å². The second-order valence-electron chi connectivity index (χ2n) is 2.73. The topological polar surface area (TPSA) is 60.2 Å². The molecule has 1 fully saturated rings. The molecule has 0 radical (unpaired) electrons. The predicted molar refractivity (Wildman–Crippen MR) is 41.5 cm³/mol. The van der Waals surface area contributed by atoms with Gasteiger partial charge in [0.2, 0.25) is 0 Å². The van der Waals surface area contributed by atoms with Crippen LogP contribution in [0.2, 0.25) is 0 Å². The Morgan fingerprint density at radius 3 is 2.67 bits per heavy atom. The van der Waals surface area contributed by atoms with Gasteiger partial charge in [0, 0.05) is 16.6 Å². The van der Waals surface area contributed by atoms with Crippen molar-refractivity contribution in [3.63, 3.8) is 0 Å². The first-order valence-electron chi connectivity index (χ1n) is 3.48. The molecule has 0 atom stereocenters. The molecular formula is C6H6ClNO3S. The van der Waals surface area contributed by atoms with Crippen molar-refractivity contribution >= 4 is 19.7 Å². The van der Waals surface area contributed by atoms with E-state index in [-0.39, 0.29) is 5.09 Å². The Hall–Kier alpha value is -0.550. The molecule has 1 aromatic rings. The molecule has 12 heavy (non-hydrogen) atoms. The van der Waals surface area contributed by atoms with Gasteiger partial charge in [-0.3, -0.25) is 0 Å². The number of nitrogens with zero attached hydrogens (tertiary/aromatic N) is 1. The minimum Gasteiger partial charge on any atom is -0.428 e. The first-order chi connectivity index (χ1) is 5.57. The van der Waals surface area contributed by atoms with Gasteiger partial charge in [0.15, 0.2) is 5.89 Å². The average Bonchev–Trinajstić information content (AvgIpc) is 2.66. The summed E-state index contributed by atoms with van der Waals surface area (Å²) in [6.07, 6.45) is 3.18. The Bertz CT molecular complexity index is 393. The zero-order chi connectivity index (χ0) is 8.77. The summed E-state index contributed by atoms with van der Waals surface area (Å²) in [5, 5.41) is -0.258. The second-order valence-corrected chi connectivity index (χ2v) is 5.23. The van der Waals surface area contributed by atoms with Gasteiger partial charge < -0.3 is 4.42 Å². The first kappa shape index (κ1) is 8.07. The lowest BCUT2D eigenvalue weighted by atomic mass is 10.4. The Kier molecular flexibility index (Phi) is 1.66. The molecule has 1 saturated carbocycles. The second kappa shape index (κ2) is 2.47. The molecular weight excluding hydrogens is 202 g/mol. The smallest absolute Gasteiger partial charge is 0.296 e. The van der Waals surface area contributed by atoms with E-state index >= 15 is 0 Å². The lowest BCUT2D eigenvalue weighted by Crippen LogP contribution is -1.85. The molecule has 1 aliphatic rings. The SMILES string of the molecule is O=S(=O)(Cl)c1cnc(C2CC2)o1.